The van der Waals surface area contributed by atoms with Gasteiger partial charge in [0.25, 0.3) is 0 Å². The molecule has 0 spiro atoms. The number of aryl methyl sites for hydroxylation is 1. The SMILES string of the molecule is Cc1ccc(N(C)c2nc(C(C)(C)C)c(C=O)s2)cc1. The van der Waals surface area contributed by atoms with Gasteiger partial charge in [-0.05, 0) is 19.1 Å². The standard InChI is InChI=1S/C16H20N2OS/c1-11-6-8-12(9-7-11)18(5)15-17-14(16(2,3)4)13(10-19)20-15/h6-10H,1-5H3. The Hall–Kier alpha value is -1.68. The Morgan fingerprint density at radius 3 is 2.25 bits per heavy atom. The molecule has 0 fully saturated rings. The van der Waals surface area contributed by atoms with Crippen LogP contribution >= 0.6 is 11.3 Å². The van der Waals surface area contributed by atoms with Crippen LogP contribution in [0, 0.1) is 6.92 Å². The van der Waals surface area contributed by atoms with Crippen molar-refractivity contribution in [2.24, 2.45) is 0 Å². The van der Waals surface area contributed by atoms with Gasteiger partial charge in [-0.1, -0.05) is 49.8 Å². The number of hydrogen-bond acceptors (Lipinski definition) is 4. The maximum Gasteiger partial charge on any atom is 0.190 e. The summed E-state index contributed by atoms with van der Waals surface area (Å²) in [4.78, 5) is 18.6. The molecule has 0 aliphatic heterocycles. The zero-order valence-electron chi connectivity index (χ0n) is 12.6. The minimum atomic E-state index is -0.126. The van der Waals surface area contributed by atoms with Crippen molar-refractivity contribution in [2.45, 2.75) is 33.1 Å². The molecule has 0 aliphatic carbocycles. The summed E-state index contributed by atoms with van der Waals surface area (Å²) in [6.07, 6.45) is 0.907. The van der Waals surface area contributed by atoms with E-state index >= 15 is 0 Å². The maximum absolute atomic E-state index is 11.2. The van der Waals surface area contributed by atoms with E-state index in [4.69, 9.17) is 0 Å². The van der Waals surface area contributed by atoms with Gasteiger partial charge in [0.05, 0.1) is 10.6 Å². The van der Waals surface area contributed by atoms with Crippen molar-refractivity contribution in [3.05, 3.63) is 40.4 Å². The Kier molecular flexibility index (Phi) is 3.95. The Labute approximate surface area is 124 Å². The molecule has 0 unspecified atom stereocenters. The third-order valence-electron chi connectivity index (χ3n) is 3.17. The fourth-order valence-corrected chi connectivity index (χ4v) is 3.03. The molecule has 0 saturated carbocycles. The highest BCUT2D eigenvalue weighted by molar-refractivity contribution is 7.17. The van der Waals surface area contributed by atoms with E-state index in [1.165, 1.54) is 16.9 Å². The number of aldehydes is 1. The molecule has 2 rings (SSSR count). The molecular weight excluding hydrogens is 268 g/mol. The number of carbonyl (C=O) groups excluding carboxylic acids is 1. The van der Waals surface area contributed by atoms with Gasteiger partial charge in [0, 0.05) is 18.2 Å². The summed E-state index contributed by atoms with van der Waals surface area (Å²) in [5.41, 5.74) is 3.04. The Morgan fingerprint density at radius 1 is 1.20 bits per heavy atom. The zero-order valence-corrected chi connectivity index (χ0v) is 13.4. The van der Waals surface area contributed by atoms with Gasteiger partial charge in [-0.15, -0.1) is 0 Å². The highest BCUT2D eigenvalue weighted by Crippen LogP contribution is 2.34. The first-order valence-corrected chi connectivity index (χ1v) is 7.41. The molecular formula is C16H20N2OS. The van der Waals surface area contributed by atoms with Crippen molar-refractivity contribution in [1.29, 1.82) is 0 Å². The predicted molar refractivity (Wildman–Crippen MR) is 85.4 cm³/mol. The van der Waals surface area contributed by atoms with E-state index in [0.29, 0.717) is 4.88 Å². The summed E-state index contributed by atoms with van der Waals surface area (Å²) in [7, 11) is 1.98. The van der Waals surface area contributed by atoms with Crippen molar-refractivity contribution in [2.75, 3.05) is 11.9 Å². The first-order valence-electron chi connectivity index (χ1n) is 6.60. The highest BCUT2D eigenvalue weighted by Gasteiger charge is 2.24. The zero-order chi connectivity index (χ0) is 14.9. The second-order valence-corrected chi connectivity index (χ2v) is 6.98. The molecule has 0 bridgehead atoms. The fraction of sp³-hybridized carbons (Fsp3) is 0.375. The number of nitrogens with zero attached hydrogens (tertiary/aromatic N) is 2. The summed E-state index contributed by atoms with van der Waals surface area (Å²) in [5, 5.41) is 0.848. The largest absolute Gasteiger partial charge is 0.321 e. The number of carbonyl (C=O) groups is 1. The van der Waals surface area contributed by atoms with Crippen LogP contribution in [0.3, 0.4) is 0 Å². The van der Waals surface area contributed by atoms with Crippen molar-refractivity contribution in [1.82, 2.24) is 4.98 Å². The van der Waals surface area contributed by atoms with Crippen LogP contribution in [0.15, 0.2) is 24.3 Å². The molecule has 0 saturated heterocycles. The van der Waals surface area contributed by atoms with Gasteiger partial charge >= 0.3 is 0 Å². The van der Waals surface area contributed by atoms with Crippen molar-refractivity contribution in [3.8, 4) is 0 Å². The van der Waals surface area contributed by atoms with Crippen LogP contribution < -0.4 is 4.90 Å². The van der Waals surface area contributed by atoms with Crippen LogP contribution in [0.5, 0.6) is 0 Å². The number of aromatic nitrogens is 1. The van der Waals surface area contributed by atoms with E-state index < -0.39 is 0 Å². The molecule has 106 valence electrons. The molecule has 0 N–H and O–H groups in total. The Bertz CT molecular complexity index is 608. The molecule has 0 amide bonds. The van der Waals surface area contributed by atoms with Gasteiger partial charge in [-0.2, -0.15) is 0 Å². The van der Waals surface area contributed by atoms with E-state index in [9.17, 15) is 4.79 Å². The third kappa shape index (κ3) is 2.90. The van der Waals surface area contributed by atoms with E-state index in [1.54, 1.807) is 0 Å². The molecule has 0 aliphatic rings. The second kappa shape index (κ2) is 5.37. The van der Waals surface area contributed by atoms with E-state index in [-0.39, 0.29) is 5.41 Å². The van der Waals surface area contributed by atoms with Crippen LogP contribution in [0.2, 0.25) is 0 Å². The van der Waals surface area contributed by atoms with Crippen LogP contribution in [0.1, 0.15) is 41.7 Å². The lowest BCUT2D eigenvalue weighted by Gasteiger charge is -2.18. The van der Waals surface area contributed by atoms with Crippen LogP contribution in [-0.4, -0.2) is 18.3 Å². The lowest BCUT2D eigenvalue weighted by molar-refractivity contribution is 0.112. The number of hydrogen-bond donors (Lipinski definition) is 0. The molecule has 1 aromatic heterocycles. The average molecular weight is 288 g/mol. The minimum Gasteiger partial charge on any atom is -0.321 e. The molecule has 0 atom stereocenters. The molecule has 0 radical (unpaired) electrons. The van der Waals surface area contributed by atoms with Gasteiger partial charge in [0.2, 0.25) is 0 Å². The molecule has 1 aromatic carbocycles. The van der Waals surface area contributed by atoms with Crippen molar-refractivity contribution >= 4 is 28.4 Å². The summed E-state index contributed by atoms with van der Waals surface area (Å²) < 4.78 is 0. The first-order chi connectivity index (χ1) is 9.32. The molecule has 4 heteroatoms. The van der Waals surface area contributed by atoms with Crippen LogP contribution in [0.4, 0.5) is 10.8 Å². The van der Waals surface area contributed by atoms with E-state index in [0.717, 1.165) is 22.8 Å². The lowest BCUT2D eigenvalue weighted by Crippen LogP contribution is -2.15. The van der Waals surface area contributed by atoms with E-state index in [2.05, 4.69) is 56.9 Å². The van der Waals surface area contributed by atoms with Gasteiger partial charge in [0.15, 0.2) is 11.4 Å². The minimum absolute atomic E-state index is 0.126. The average Bonchev–Trinajstić information content (AvgIpc) is 2.83. The van der Waals surface area contributed by atoms with Gasteiger partial charge < -0.3 is 4.90 Å². The van der Waals surface area contributed by atoms with Crippen molar-refractivity contribution < 1.29 is 4.79 Å². The molecule has 3 nitrogen and oxygen atoms in total. The summed E-state index contributed by atoms with van der Waals surface area (Å²) in [5.74, 6) is 0. The summed E-state index contributed by atoms with van der Waals surface area (Å²) in [6, 6.07) is 8.28. The topological polar surface area (TPSA) is 33.2 Å². The summed E-state index contributed by atoms with van der Waals surface area (Å²) in [6.45, 7) is 8.29. The first kappa shape index (κ1) is 14.7. The fourth-order valence-electron chi connectivity index (χ4n) is 1.96. The molecule has 1 heterocycles. The number of anilines is 2. The second-order valence-electron chi connectivity index (χ2n) is 5.97. The molecule has 2 aromatic rings. The third-order valence-corrected chi connectivity index (χ3v) is 4.22. The lowest BCUT2D eigenvalue weighted by atomic mass is 9.91. The number of benzene rings is 1. The van der Waals surface area contributed by atoms with Crippen LogP contribution in [0.25, 0.3) is 0 Å². The van der Waals surface area contributed by atoms with Gasteiger partial charge in [-0.3, -0.25) is 4.79 Å². The van der Waals surface area contributed by atoms with E-state index in [1.807, 2.05) is 11.9 Å². The maximum atomic E-state index is 11.2. The normalized spacial score (nSPS) is 11.4. The number of rotatable bonds is 3. The van der Waals surface area contributed by atoms with Crippen molar-refractivity contribution in [3.63, 3.8) is 0 Å². The van der Waals surface area contributed by atoms with Gasteiger partial charge in [-0.25, -0.2) is 4.98 Å². The molecule has 20 heavy (non-hydrogen) atoms. The summed E-state index contributed by atoms with van der Waals surface area (Å²) >= 11 is 1.44. The van der Waals surface area contributed by atoms with Crippen LogP contribution in [-0.2, 0) is 5.41 Å². The highest BCUT2D eigenvalue weighted by atomic mass is 32.1. The smallest absolute Gasteiger partial charge is 0.190 e. The van der Waals surface area contributed by atoms with Gasteiger partial charge in [0.1, 0.15) is 0 Å². The monoisotopic (exact) mass is 288 g/mol. The quantitative estimate of drug-likeness (QED) is 0.788. The Balaban J connectivity index is 2.40. The Morgan fingerprint density at radius 2 is 1.80 bits per heavy atom. The number of thiazole rings is 1. The predicted octanol–water partition coefficient (Wildman–Crippen LogP) is 4.33.